The van der Waals surface area contributed by atoms with E-state index in [-0.39, 0.29) is 11.7 Å². The van der Waals surface area contributed by atoms with Gasteiger partial charge in [0.05, 0.1) is 12.2 Å². The Morgan fingerprint density at radius 1 is 1.28 bits per heavy atom. The minimum atomic E-state index is -1.02. The lowest BCUT2D eigenvalue weighted by molar-refractivity contribution is 0.0688. The van der Waals surface area contributed by atoms with E-state index in [1.807, 2.05) is 18.2 Å². The first-order valence-corrected chi connectivity index (χ1v) is 8.41. The molecule has 1 aromatic heterocycles. The predicted octanol–water partition coefficient (Wildman–Crippen LogP) is 1.82. The number of fused-ring (bicyclic) bond motifs is 1. The number of carbonyl (C=O) groups is 2. The average Bonchev–Trinajstić information content (AvgIpc) is 2.96. The average molecular weight is 342 g/mol. The Kier molecular flexibility index (Phi) is 5.02. The maximum absolute atomic E-state index is 12.3. The number of aromatic carboxylic acids is 1. The molecule has 0 spiro atoms. The molecule has 1 aliphatic rings. The van der Waals surface area contributed by atoms with Crippen LogP contribution in [0.5, 0.6) is 0 Å². The van der Waals surface area contributed by atoms with Crippen molar-refractivity contribution >= 4 is 12.0 Å². The van der Waals surface area contributed by atoms with Crippen molar-refractivity contribution in [2.24, 2.45) is 7.05 Å². The van der Waals surface area contributed by atoms with E-state index in [4.69, 9.17) is 0 Å². The highest BCUT2D eigenvalue weighted by Gasteiger charge is 2.28. The number of benzene rings is 1. The van der Waals surface area contributed by atoms with Crippen LogP contribution in [0, 0.1) is 0 Å². The minimum Gasteiger partial charge on any atom is -0.476 e. The second-order valence-corrected chi connectivity index (χ2v) is 6.20. The highest BCUT2D eigenvalue weighted by Crippen LogP contribution is 2.22. The van der Waals surface area contributed by atoms with E-state index in [0.29, 0.717) is 26.1 Å². The number of rotatable bonds is 5. The van der Waals surface area contributed by atoms with E-state index < -0.39 is 5.97 Å². The number of nitrogens with one attached hydrogen (secondary N) is 1. The first kappa shape index (κ1) is 17.0. The molecule has 0 atom stereocenters. The van der Waals surface area contributed by atoms with Gasteiger partial charge in [0.25, 0.3) is 0 Å². The van der Waals surface area contributed by atoms with Crippen LogP contribution in [0.1, 0.15) is 33.7 Å². The van der Waals surface area contributed by atoms with Crippen LogP contribution < -0.4 is 5.32 Å². The summed E-state index contributed by atoms with van der Waals surface area (Å²) in [6, 6.07) is 10.1. The van der Waals surface area contributed by atoms with Crippen molar-refractivity contribution in [2.45, 2.75) is 25.8 Å². The van der Waals surface area contributed by atoms with Crippen molar-refractivity contribution in [3.8, 4) is 0 Å². The number of carboxylic acids is 1. The molecule has 0 unspecified atom stereocenters. The summed E-state index contributed by atoms with van der Waals surface area (Å²) >= 11 is 0. The van der Waals surface area contributed by atoms with Crippen LogP contribution >= 0.6 is 0 Å². The van der Waals surface area contributed by atoms with Crippen molar-refractivity contribution in [1.29, 1.82) is 0 Å². The topological polar surface area (TPSA) is 87.5 Å². The van der Waals surface area contributed by atoms with Gasteiger partial charge in [-0.3, -0.25) is 4.68 Å². The third-order valence-corrected chi connectivity index (χ3v) is 4.50. The lowest BCUT2D eigenvalue weighted by atomic mass is 10.0. The molecule has 0 bridgehead atoms. The number of nitrogens with zero attached hydrogens (tertiary/aromatic N) is 3. The lowest BCUT2D eigenvalue weighted by Gasteiger charge is -2.27. The second kappa shape index (κ2) is 7.38. The summed E-state index contributed by atoms with van der Waals surface area (Å²) in [4.78, 5) is 25.3. The molecule has 2 N–H and O–H groups in total. The van der Waals surface area contributed by atoms with E-state index in [9.17, 15) is 14.7 Å². The molecular formula is C18H22N4O3. The Balaban J connectivity index is 1.51. The molecule has 7 heteroatoms. The third kappa shape index (κ3) is 3.81. The SMILES string of the molecule is Cn1nc(C(=O)O)c2c1CN(C(=O)NCCCc1ccccc1)CC2. The molecule has 25 heavy (non-hydrogen) atoms. The summed E-state index contributed by atoms with van der Waals surface area (Å²) in [7, 11) is 1.71. The van der Waals surface area contributed by atoms with Gasteiger partial charge in [-0.05, 0) is 24.8 Å². The minimum absolute atomic E-state index is 0.0976. The largest absolute Gasteiger partial charge is 0.476 e. The Morgan fingerprint density at radius 2 is 2.04 bits per heavy atom. The Labute approximate surface area is 146 Å². The summed E-state index contributed by atoms with van der Waals surface area (Å²) in [5.41, 5.74) is 2.89. The van der Waals surface area contributed by atoms with Crippen LogP contribution in [0.4, 0.5) is 4.79 Å². The number of carboxylic acid groups (broad SMARTS) is 1. The second-order valence-electron chi connectivity index (χ2n) is 6.20. The Hall–Kier alpha value is -2.83. The maximum Gasteiger partial charge on any atom is 0.356 e. The van der Waals surface area contributed by atoms with Crippen LogP contribution in [0.25, 0.3) is 0 Å². The molecule has 2 amide bonds. The van der Waals surface area contributed by atoms with E-state index >= 15 is 0 Å². The van der Waals surface area contributed by atoms with Crippen LogP contribution in [0.15, 0.2) is 30.3 Å². The maximum atomic E-state index is 12.3. The van der Waals surface area contributed by atoms with Gasteiger partial charge < -0.3 is 15.3 Å². The lowest BCUT2D eigenvalue weighted by Crippen LogP contribution is -2.43. The summed E-state index contributed by atoms with van der Waals surface area (Å²) in [6.45, 7) is 1.50. The van der Waals surface area contributed by atoms with Crippen LogP contribution in [0.2, 0.25) is 0 Å². The number of carbonyl (C=O) groups excluding carboxylic acids is 1. The first-order valence-electron chi connectivity index (χ1n) is 8.41. The van der Waals surface area contributed by atoms with Crippen molar-refractivity contribution in [3.05, 3.63) is 52.8 Å². The van der Waals surface area contributed by atoms with Gasteiger partial charge in [0.1, 0.15) is 0 Å². The number of aryl methyl sites for hydroxylation is 2. The molecule has 2 heterocycles. The molecule has 2 aromatic rings. The summed E-state index contributed by atoms with van der Waals surface area (Å²) in [5, 5.41) is 16.2. The zero-order valence-electron chi connectivity index (χ0n) is 14.2. The number of hydrogen-bond donors (Lipinski definition) is 2. The fourth-order valence-corrected chi connectivity index (χ4v) is 3.16. The fourth-order valence-electron chi connectivity index (χ4n) is 3.16. The standard InChI is InChI=1S/C18H22N4O3/c1-21-15-12-22(11-9-14(15)16(20-21)17(23)24)18(25)19-10-5-8-13-6-3-2-4-7-13/h2-4,6-7H,5,8-12H2,1H3,(H,19,25)(H,23,24). The predicted molar refractivity (Wildman–Crippen MR) is 92.4 cm³/mol. The molecule has 7 nitrogen and oxygen atoms in total. The quantitative estimate of drug-likeness (QED) is 0.812. The van der Waals surface area contributed by atoms with E-state index in [2.05, 4.69) is 22.5 Å². The number of urea groups is 1. The highest BCUT2D eigenvalue weighted by atomic mass is 16.4. The van der Waals surface area contributed by atoms with E-state index in [0.717, 1.165) is 24.1 Å². The highest BCUT2D eigenvalue weighted by molar-refractivity contribution is 5.87. The van der Waals surface area contributed by atoms with Crippen molar-refractivity contribution in [2.75, 3.05) is 13.1 Å². The van der Waals surface area contributed by atoms with Crippen molar-refractivity contribution in [1.82, 2.24) is 20.0 Å². The zero-order valence-corrected chi connectivity index (χ0v) is 14.2. The number of amides is 2. The molecule has 0 saturated carbocycles. The van der Waals surface area contributed by atoms with Gasteiger partial charge in [0, 0.05) is 25.7 Å². The monoisotopic (exact) mass is 342 g/mol. The van der Waals surface area contributed by atoms with Crippen LogP contribution in [0.3, 0.4) is 0 Å². The molecule has 0 radical (unpaired) electrons. The number of hydrogen-bond acceptors (Lipinski definition) is 3. The van der Waals surface area contributed by atoms with Gasteiger partial charge in [0.15, 0.2) is 5.69 Å². The summed E-state index contributed by atoms with van der Waals surface area (Å²) < 4.78 is 1.56. The molecule has 0 aliphatic carbocycles. The first-order chi connectivity index (χ1) is 12.1. The van der Waals surface area contributed by atoms with Crippen molar-refractivity contribution < 1.29 is 14.7 Å². The van der Waals surface area contributed by atoms with Gasteiger partial charge in [-0.25, -0.2) is 9.59 Å². The smallest absolute Gasteiger partial charge is 0.356 e. The Morgan fingerprint density at radius 3 is 2.76 bits per heavy atom. The molecule has 132 valence electrons. The number of aromatic nitrogens is 2. The summed E-state index contributed by atoms with van der Waals surface area (Å²) in [6.07, 6.45) is 2.32. The molecule has 1 aliphatic heterocycles. The molecule has 1 aromatic carbocycles. The van der Waals surface area contributed by atoms with Gasteiger partial charge in [-0.1, -0.05) is 30.3 Å². The van der Waals surface area contributed by atoms with Crippen LogP contribution in [-0.4, -0.2) is 44.9 Å². The molecule has 0 fully saturated rings. The Bertz CT molecular complexity index is 770. The molecule has 3 rings (SSSR count). The van der Waals surface area contributed by atoms with Gasteiger partial charge >= 0.3 is 12.0 Å². The normalized spacial score (nSPS) is 13.4. The summed E-state index contributed by atoms with van der Waals surface area (Å²) in [5.74, 6) is -1.02. The van der Waals surface area contributed by atoms with Gasteiger partial charge in [-0.15, -0.1) is 0 Å². The van der Waals surface area contributed by atoms with E-state index in [1.54, 1.807) is 16.6 Å². The van der Waals surface area contributed by atoms with Crippen LogP contribution in [-0.2, 0) is 26.4 Å². The van der Waals surface area contributed by atoms with Gasteiger partial charge in [0.2, 0.25) is 0 Å². The zero-order chi connectivity index (χ0) is 17.8. The third-order valence-electron chi connectivity index (χ3n) is 4.50. The van der Waals surface area contributed by atoms with Crippen molar-refractivity contribution in [3.63, 3.8) is 0 Å². The fraction of sp³-hybridized carbons (Fsp3) is 0.389. The van der Waals surface area contributed by atoms with Gasteiger partial charge in [-0.2, -0.15) is 5.10 Å². The van der Waals surface area contributed by atoms with E-state index in [1.165, 1.54) is 5.56 Å². The molecular weight excluding hydrogens is 320 g/mol. The molecule has 0 saturated heterocycles.